The van der Waals surface area contributed by atoms with Crippen molar-refractivity contribution in [3.63, 3.8) is 0 Å². The predicted octanol–water partition coefficient (Wildman–Crippen LogP) is 3.05. The fourth-order valence-corrected chi connectivity index (χ4v) is 7.55. The molecule has 0 aromatic carbocycles. The Morgan fingerprint density at radius 1 is 1.09 bits per heavy atom. The van der Waals surface area contributed by atoms with Gasteiger partial charge in [0.25, 0.3) is 0 Å². The van der Waals surface area contributed by atoms with Gasteiger partial charge >= 0.3 is 5.97 Å². The first-order chi connectivity index (χ1) is 20.0. The second-order valence-electron chi connectivity index (χ2n) is 14.8. The van der Waals surface area contributed by atoms with E-state index in [0.717, 1.165) is 39.0 Å². The molecule has 0 aromatic rings. The predicted molar refractivity (Wildman–Crippen MR) is 167 cm³/mol. The number of carbonyl (C=O) groups excluding carboxylic acids is 2. The highest BCUT2D eigenvalue weighted by Crippen LogP contribution is 2.38. The van der Waals surface area contributed by atoms with Crippen LogP contribution in [0.15, 0.2) is 0 Å². The molecule has 10 nitrogen and oxygen atoms in total. The van der Waals surface area contributed by atoms with Gasteiger partial charge in [0.2, 0.25) is 0 Å². The lowest BCUT2D eigenvalue weighted by molar-refractivity contribution is -0.295. The van der Waals surface area contributed by atoms with Crippen molar-refractivity contribution in [1.82, 2.24) is 14.7 Å². The molecule has 43 heavy (non-hydrogen) atoms. The summed E-state index contributed by atoms with van der Waals surface area (Å²) in [6.07, 6.45) is 0.574. The highest BCUT2D eigenvalue weighted by Gasteiger charge is 2.51. The fraction of sp³-hybridized carbons (Fsp3) is 0.939. The summed E-state index contributed by atoms with van der Waals surface area (Å²) >= 11 is 0. The van der Waals surface area contributed by atoms with Gasteiger partial charge in [0.05, 0.1) is 17.8 Å². The quantitative estimate of drug-likeness (QED) is 0.326. The molecular formula is C33H61N3O7. The lowest BCUT2D eigenvalue weighted by atomic mass is 9.74. The summed E-state index contributed by atoms with van der Waals surface area (Å²) in [5, 5.41) is 11.3. The summed E-state index contributed by atoms with van der Waals surface area (Å²) in [4.78, 5) is 34.5. The van der Waals surface area contributed by atoms with Crippen molar-refractivity contribution in [2.45, 2.75) is 116 Å². The zero-order valence-electron chi connectivity index (χ0n) is 28.8. The molecule has 0 saturated carbocycles. The third-order valence-corrected chi connectivity index (χ3v) is 10.2. The number of cyclic esters (lactones) is 1. The van der Waals surface area contributed by atoms with Crippen molar-refractivity contribution in [1.29, 1.82) is 0 Å². The minimum absolute atomic E-state index is 0.0559. The van der Waals surface area contributed by atoms with Crippen LogP contribution in [-0.4, -0.2) is 135 Å². The van der Waals surface area contributed by atoms with E-state index in [4.69, 9.17) is 18.9 Å². The molecule has 10 heteroatoms. The Balaban J connectivity index is 1.92. The number of ketones is 1. The van der Waals surface area contributed by atoms with Crippen molar-refractivity contribution in [3.8, 4) is 0 Å². The third kappa shape index (κ3) is 8.57. The molecule has 1 N–H and O–H groups in total. The van der Waals surface area contributed by atoms with Crippen LogP contribution in [0.2, 0.25) is 0 Å². The normalized spacial score (nSPS) is 39.5. The van der Waals surface area contributed by atoms with E-state index in [1.54, 1.807) is 27.9 Å². The second kappa shape index (κ2) is 15.0. The van der Waals surface area contributed by atoms with E-state index in [0.29, 0.717) is 18.8 Å². The summed E-state index contributed by atoms with van der Waals surface area (Å²) in [5.41, 5.74) is -2.29. The molecular weight excluding hydrogens is 550 g/mol. The van der Waals surface area contributed by atoms with Crippen molar-refractivity contribution in [2.75, 3.05) is 61.0 Å². The summed E-state index contributed by atoms with van der Waals surface area (Å²) in [5.74, 6) is -0.794. The number of aliphatic hydroxyl groups excluding tert-OH is 1. The van der Waals surface area contributed by atoms with Gasteiger partial charge in [-0.25, -0.2) is 0 Å². The zero-order valence-corrected chi connectivity index (χ0v) is 28.8. The number of hydrogen-bond acceptors (Lipinski definition) is 10. The number of aliphatic hydroxyl groups is 1. The molecule has 0 unspecified atom stereocenters. The number of carbonyl (C=O) groups is 2. The van der Waals surface area contributed by atoms with E-state index >= 15 is 0 Å². The van der Waals surface area contributed by atoms with Crippen molar-refractivity contribution in [2.24, 2.45) is 23.2 Å². The molecule has 250 valence electrons. The Kier molecular flexibility index (Phi) is 12.6. The van der Waals surface area contributed by atoms with Gasteiger partial charge in [-0.2, -0.15) is 0 Å². The van der Waals surface area contributed by atoms with Gasteiger partial charge in [-0.15, -0.1) is 0 Å². The molecule has 0 amide bonds. The van der Waals surface area contributed by atoms with Gasteiger partial charge in [0.15, 0.2) is 12.1 Å². The lowest BCUT2D eigenvalue weighted by Crippen LogP contribution is -2.59. The van der Waals surface area contributed by atoms with Crippen LogP contribution in [0.5, 0.6) is 0 Å². The fourth-order valence-electron chi connectivity index (χ4n) is 7.55. The van der Waals surface area contributed by atoms with Crippen molar-refractivity contribution in [3.05, 3.63) is 0 Å². The average molecular weight is 612 g/mol. The van der Waals surface area contributed by atoms with Crippen LogP contribution in [0.1, 0.15) is 74.1 Å². The molecule has 3 fully saturated rings. The molecule has 3 aliphatic rings. The van der Waals surface area contributed by atoms with Crippen LogP contribution in [0.4, 0.5) is 0 Å². The van der Waals surface area contributed by atoms with Crippen LogP contribution in [0.3, 0.4) is 0 Å². The van der Waals surface area contributed by atoms with Crippen LogP contribution in [0, 0.1) is 23.2 Å². The molecule has 0 radical (unpaired) electrons. The summed E-state index contributed by atoms with van der Waals surface area (Å²) in [6.45, 7) is 17.7. The largest absolute Gasteiger partial charge is 0.463 e. The smallest absolute Gasteiger partial charge is 0.319 e. The van der Waals surface area contributed by atoms with Gasteiger partial charge < -0.3 is 33.9 Å². The maximum atomic E-state index is 14.1. The van der Waals surface area contributed by atoms with E-state index in [2.05, 4.69) is 30.7 Å². The second-order valence-corrected chi connectivity index (χ2v) is 14.8. The number of rotatable bonds is 8. The minimum Gasteiger partial charge on any atom is -0.463 e. The number of esters is 1. The van der Waals surface area contributed by atoms with Crippen LogP contribution < -0.4 is 0 Å². The molecule has 0 aliphatic carbocycles. The maximum Gasteiger partial charge on any atom is 0.319 e. The topological polar surface area (TPSA) is 101 Å². The van der Waals surface area contributed by atoms with E-state index < -0.39 is 41.4 Å². The number of methoxy groups -OCH3 is 1. The maximum absolute atomic E-state index is 14.1. The lowest BCUT2D eigenvalue weighted by Gasteiger charge is -2.47. The SMILES string of the molecule is CCCN1CC(C[C@H]2COC(=O)C(C)(C)C(=O)[C@H](C)[C@@H](O[C@@H]3O[C@H](C)C[C@H](N(C)C)[C@H]3O)[C@](C)(OC)C[C@@H](C)CN2C)C1. The Morgan fingerprint density at radius 2 is 1.74 bits per heavy atom. The monoisotopic (exact) mass is 611 g/mol. The number of hydrogen-bond donors (Lipinski definition) is 1. The van der Waals surface area contributed by atoms with Gasteiger partial charge in [-0.3, -0.25) is 14.5 Å². The number of ether oxygens (including phenoxy) is 4. The van der Waals surface area contributed by atoms with Gasteiger partial charge in [-0.1, -0.05) is 20.8 Å². The molecule has 3 saturated heterocycles. The molecule has 0 spiro atoms. The molecule has 3 rings (SSSR count). The van der Waals surface area contributed by atoms with Gasteiger partial charge in [-0.05, 0) is 92.9 Å². The first-order valence-electron chi connectivity index (χ1n) is 16.4. The van der Waals surface area contributed by atoms with E-state index in [1.165, 1.54) is 0 Å². The molecule has 3 heterocycles. The third-order valence-electron chi connectivity index (χ3n) is 10.2. The standard InChI is InChI=1S/C33H61N3O7/c1-12-13-36-18-24(19-36)15-25-20-41-31(39)32(5,6)28(38)23(4)29(33(7,40-11)16-21(2)17-35(25)10)43-30-27(37)26(34(8)9)14-22(3)42-30/h21-27,29-30,37H,12-20H2,1-11H3/t21-,22-,23+,25+,26+,27-,29-,30+,33-/m1/s1. The summed E-state index contributed by atoms with van der Waals surface area (Å²) < 4.78 is 24.9. The Labute approximate surface area is 260 Å². The van der Waals surface area contributed by atoms with E-state index in [9.17, 15) is 14.7 Å². The van der Waals surface area contributed by atoms with Crippen LogP contribution >= 0.6 is 0 Å². The zero-order chi connectivity index (χ0) is 32.3. The average Bonchev–Trinajstić information content (AvgIpc) is 2.91. The number of nitrogens with zero attached hydrogens (tertiary/aromatic N) is 3. The Hall–Kier alpha value is -1.14. The van der Waals surface area contributed by atoms with Gasteiger partial charge in [0.1, 0.15) is 18.1 Å². The Bertz CT molecular complexity index is 926. The summed E-state index contributed by atoms with van der Waals surface area (Å²) in [6, 6.07) is -0.107. The molecule has 0 aromatic heterocycles. The van der Waals surface area contributed by atoms with Crippen molar-refractivity contribution < 1.29 is 33.6 Å². The highest BCUT2D eigenvalue weighted by atomic mass is 16.7. The van der Waals surface area contributed by atoms with E-state index in [-0.39, 0.29) is 36.5 Å². The van der Waals surface area contributed by atoms with Crippen molar-refractivity contribution >= 4 is 11.8 Å². The molecule has 3 aliphatic heterocycles. The first kappa shape index (κ1) is 36.3. The van der Waals surface area contributed by atoms with Gasteiger partial charge in [0, 0.05) is 44.7 Å². The minimum atomic E-state index is -1.39. The molecule has 9 atom stereocenters. The highest BCUT2D eigenvalue weighted by molar-refractivity contribution is 6.04. The van der Waals surface area contributed by atoms with Crippen LogP contribution in [-0.2, 0) is 28.5 Å². The Morgan fingerprint density at radius 3 is 2.33 bits per heavy atom. The first-order valence-corrected chi connectivity index (χ1v) is 16.4. The van der Waals surface area contributed by atoms with Crippen LogP contribution in [0.25, 0.3) is 0 Å². The number of likely N-dealkylation sites (N-methyl/N-ethyl adjacent to an activating group) is 2. The number of Topliss-reactive ketones (excluding diaryl/α,β-unsaturated/α-hetero) is 1. The molecule has 0 bridgehead atoms. The number of likely N-dealkylation sites (tertiary alicyclic amines) is 1. The van der Waals surface area contributed by atoms with E-state index in [1.807, 2.05) is 32.8 Å². The summed E-state index contributed by atoms with van der Waals surface area (Å²) in [7, 11) is 7.60.